The molecule has 3 heteroatoms. The van der Waals surface area contributed by atoms with Crippen molar-refractivity contribution in [3.8, 4) is 11.5 Å². The lowest BCUT2D eigenvalue weighted by Gasteiger charge is -2.38. The van der Waals surface area contributed by atoms with Gasteiger partial charge in [0, 0.05) is 0 Å². The monoisotopic (exact) mass is 263 g/mol. The summed E-state index contributed by atoms with van der Waals surface area (Å²) in [5, 5.41) is 3.51. The van der Waals surface area contributed by atoms with Gasteiger partial charge >= 0.3 is 0 Å². The molecule has 0 amide bonds. The largest absolute Gasteiger partial charge is 0.493 e. The number of hydrogen-bond donors (Lipinski definition) is 1. The van der Waals surface area contributed by atoms with Gasteiger partial charge in [0.2, 0.25) is 0 Å². The van der Waals surface area contributed by atoms with E-state index in [9.17, 15) is 0 Å². The summed E-state index contributed by atoms with van der Waals surface area (Å²) in [4.78, 5) is 0. The Hall–Kier alpha value is -1.22. The Morgan fingerprint density at radius 1 is 1.16 bits per heavy atom. The average molecular weight is 263 g/mol. The fourth-order valence-corrected chi connectivity index (χ4v) is 2.94. The molecule has 1 heterocycles. The second kappa shape index (κ2) is 5.83. The summed E-state index contributed by atoms with van der Waals surface area (Å²) in [6.45, 7) is 6.90. The molecule has 1 atom stereocenters. The number of benzene rings is 1. The molecule has 0 bridgehead atoms. The quantitative estimate of drug-likeness (QED) is 0.906. The van der Waals surface area contributed by atoms with Crippen LogP contribution >= 0.6 is 0 Å². The van der Waals surface area contributed by atoms with E-state index in [2.05, 4.69) is 31.3 Å². The molecule has 1 saturated heterocycles. The zero-order chi connectivity index (χ0) is 13.9. The van der Waals surface area contributed by atoms with Gasteiger partial charge in [-0.05, 0) is 55.0 Å². The molecule has 1 unspecified atom stereocenters. The van der Waals surface area contributed by atoms with Crippen LogP contribution in [0.5, 0.6) is 11.5 Å². The van der Waals surface area contributed by atoms with E-state index in [1.807, 2.05) is 6.07 Å². The zero-order valence-electron chi connectivity index (χ0n) is 12.5. The van der Waals surface area contributed by atoms with E-state index in [0.29, 0.717) is 5.92 Å². The third-order valence-corrected chi connectivity index (χ3v) is 4.45. The Morgan fingerprint density at radius 3 is 2.47 bits per heavy atom. The topological polar surface area (TPSA) is 30.5 Å². The van der Waals surface area contributed by atoms with Crippen LogP contribution in [-0.2, 0) is 5.41 Å². The van der Waals surface area contributed by atoms with Crippen LogP contribution < -0.4 is 14.8 Å². The van der Waals surface area contributed by atoms with Crippen molar-refractivity contribution in [2.75, 3.05) is 27.3 Å². The summed E-state index contributed by atoms with van der Waals surface area (Å²) in [7, 11) is 3.37. The van der Waals surface area contributed by atoms with Crippen LogP contribution in [-0.4, -0.2) is 27.3 Å². The SMILES string of the molecule is COc1ccc(C(C)(C)C2CCCNC2)cc1OC. The fourth-order valence-electron chi connectivity index (χ4n) is 2.94. The predicted molar refractivity (Wildman–Crippen MR) is 78.2 cm³/mol. The molecule has 0 spiro atoms. The molecule has 106 valence electrons. The van der Waals surface area contributed by atoms with Crippen molar-refractivity contribution in [1.82, 2.24) is 5.32 Å². The molecule has 2 rings (SSSR count). The van der Waals surface area contributed by atoms with Crippen molar-refractivity contribution < 1.29 is 9.47 Å². The Bertz CT molecular complexity index is 423. The number of piperidine rings is 1. The highest BCUT2D eigenvalue weighted by atomic mass is 16.5. The van der Waals surface area contributed by atoms with Crippen LogP contribution in [0.25, 0.3) is 0 Å². The number of ether oxygens (including phenoxy) is 2. The standard InChI is InChI=1S/C16H25NO2/c1-16(2,13-6-5-9-17-11-13)12-7-8-14(18-3)15(10-12)19-4/h7-8,10,13,17H,5-6,9,11H2,1-4H3. The molecular weight excluding hydrogens is 238 g/mol. The normalized spacial score (nSPS) is 20.1. The number of nitrogens with one attached hydrogen (secondary N) is 1. The van der Waals surface area contributed by atoms with E-state index >= 15 is 0 Å². The molecule has 1 fully saturated rings. The summed E-state index contributed by atoms with van der Waals surface area (Å²) in [5.74, 6) is 2.28. The van der Waals surface area contributed by atoms with Crippen LogP contribution in [0.1, 0.15) is 32.3 Å². The van der Waals surface area contributed by atoms with Crippen LogP contribution in [0.3, 0.4) is 0 Å². The van der Waals surface area contributed by atoms with Crippen molar-refractivity contribution in [3.05, 3.63) is 23.8 Å². The van der Waals surface area contributed by atoms with Gasteiger partial charge in [-0.1, -0.05) is 19.9 Å². The van der Waals surface area contributed by atoms with Gasteiger partial charge in [0.05, 0.1) is 14.2 Å². The molecule has 1 aromatic rings. The van der Waals surface area contributed by atoms with Gasteiger partial charge in [-0.15, -0.1) is 0 Å². The summed E-state index contributed by atoms with van der Waals surface area (Å²) in [6.07, 6.45) is 2.55. The van der Waals surface area contributed by atoms with Gasteiger partial charge in [-0.25, -0.2) is 0 Å². The van der Waals surface area contributed by atoms with Crippen LogP contribution in [0.2, 0.25) is 0 Å². The third-order valence-electron chi connectivity index (χ3n) is 4.45. The Balaban J connectivity index is 2.28. The van der Waals surface area contributed by atoms with Crippen LogP contribution in [0.15, 0.2) is 18.2 Å². The fraction of sp³-hybridized carbons (Fsp3) is 0.625. The summed E-state index contributed by atoms with van der Waals surface area (Å²) in [6, 6.07) is 6.29. The lowest BCUT2D eigenvalue weighted by molar-refractivity contribution is 0.250. The molecule has 19 heavy (non-hydrogen) atoms. The van der Waals surface area contributed by atoms with E-state index < -0.39 is 0 Å². The van der Waals surface area contributed by atoms with E-state index in [1.54, 1.807) is 14.2 Å². The number of rotatable bonds is 4. The first-order valence-electron chi connectivity index (χ1n) is 7.03. The van der Waals surface area contributed by atoms with Crippen molar-refractivity contribution in [3.63, 3.8) is 0 Å². The maximum atomic E-state index is 5.42. The number of methoxy groups -OCH3 is 2. The Kier molecular flexibility index (Phi) is 4.35. The minimum absolute atomic E-state index is 0.146. The second-order valence-corrected chi connectivity index (χ2v) is 5.83. The van der Waals surface area contributed by atoms with E-state index in [1.165, 1.54) is 18.4 Å². The van der Waals surface area contributed by atoms with Crippen molar-refractivity contribution >= 4 is 0 Å². The third kappa shape index (κ3) is 2.86. The van der Waals surface area contributed by atoms with Gasteiger partial charge in [0.15, 0.2) is 11.5 Å². The van der Waals surface area contributed by atoms with Gasteiger partial charge in [0.25, 0.3) is 0 Å². The molecule has 0 aromatic heterocycles. The van der Waals surface area contributed by atoms with Crippen LogP contribution in [0, 0.1) is 5.92 Å². The number of hydrogen-bond acceptors (Lipinski definition) is 3. The van der Waals surface area contributed by atoms with E-state index in [-0.39, 0.29) is 5.41 Å². The van der Waals surface area contributed by atoms with E-state index in [4.69, 9.17) is 9.47 Å². The highest BCUT2D eigenvalue weighted by molar-refractivity contribution is 5.45. The molecule has 0 aliphatic carbocycles. The minimum atomic E-state index is 0.146. The Labute approximate surface area is 116 Å². The van der Waals surface area contributed by atoms with Gasteiger partial charge in [0.1, 0.15) is 0 Å². The first-order valence-corrected chi connectivity index (χ1v) is 7.03. The molecule has 0 radical (unpaired) electrons. The minimum Gasteiger partial charge on any atom is -0.493 e. The maximum Gasteiger partial charge on any atom is 0.161 e. The highest BCUT2D eigenvalue weighted by Gasteiger charge is 2.32. The molecule has 1 aromatic carbocycles. The van der Waals surface area contributed by atoms with Crippen LogP contribution in [0.4, 0.5) is 0 Å². The summed E-state index contributed by atoms with van der Waals surface area (Å²) >= 11 is 0. The molecule has 0 saturated carbocycles. The van der Waals surface area contributed by atoms with Crippen molar-refractivity contribution in [1.29, 1.82) is 0 Å². The average Bonchev–Trinajstić information content (AvgIpc) is 2.47. The van der Waals surface area contributed by atoms with Crippen molar-refractivity contribution in [2.24, 2.45) is 5.92 Å². The first-order chi connectivity index (χ1) is 9.09. The van der Waals surface area contributed by atoms with E-state index in [0.717, 1.165) is 24.6 Å². The molecule has 1 N–H and O–H groups in total. The van der Waals surface area contributed by atoms with Gasteiger partial charge in [-0.3, -0.25) is 0 Å². The predicted octanol–water partition coefficient (Wildman–Crippen LogP) is 2.98. The highest BCUT2D eigenvalue weighted by Crippen LogP contribution is 2.39. The zero-order valence-corrected chi connectivity index (χ0v) is 12.5. The van der Waals surface area contributed by atoms with Crippen molar-refractivity contribution in [2.45, 2.75) is 32.1 Å². The van der Waals surface area contributed by atoms with Gasteiger partial charge in [-0.2, -0.15) is 0 Å². The second-order valence-electron chi connectivity index (χ2n) is 5.83. The smallest absolute Gasteiger partial charge is 0.161 e. The Morgan fingerprint density at radius 2 is 1.89 bits per heavy atom. The molecule has 1 aliphatic heterocycles. The molecule has 3 nitrogen and oxygen atoms in total. The van der Waals surface area contributed by atoms with Gasteiger partial charge < -0.3 is 14.8 Å². The molecular formula is C16H25NO2. The first kappa shape index (κ1) is 14.2. The lowest BCUT2D eigenvalue weighted by atomic mass is 9.70. The summed E-state index contributed by atoms with van der Waals surface area (Å²) in [5.41, 5.74) is 1.46. The lowest BCUT2D eigenvalue weighted by Crippen LogP contribution is -2.40. The molecule has 1 aliphatic rings. The maximum absolute atomic E-state index is 5.42. The summed E-state index contributed by atoms with van der Waals surface area (Å²) < 4.78 is 10.7.